The van der Waals surface area contributed by atoms with Crippen molar-refractivity contribution in [3.63, 3.8) is 0 Å². The van der Waals surface area contributed by atoms with Crippen LogP contribution in [0.5, 0.6) is 5.75 Å². The number of carbonyl (C=O) groups is 1. The molecule has 30 heavy (non-hydrogen) atoms. The number of rotatable bonds is 7. The van der Waals surface area contributed by atoms with Gasteiger partial charge in [-0.1, -0.05) is 36.4 Å². The van der Waals surface area contributed by atoms with E-state index in [0.29, 0.717) is 18.4 Å². The van der Waals surface area contributed by atoms with Gasteiger partial charge in [0.15, 0.2) is 0 Å². The molecule has 0 spiro atoms. The monoisotopic (exact) mass is 402 g/mol. The topological polar surface area (TPSA) is 54.1 Å². The number of ether oxygens (including phenoxy) is 1. The summed E-state index contributed by atoms with van der Waals surface area (Å²) in [7, 11) is 1.64. The number of aryl methyl sites for hydroxylation is 1. The maximum atomic E-state index is 13.8. The second-order valence-electron chi connectivity index (χ2n) is 7.12. The molecule has 4 rings (SSSR count). The first-order valence-electron chi connectivity index (χ1n) is 9.90. The first-order chi connectivity index (χ1) is 14.7. The van der Waals surface area contributed by atoms with Crippen LogP contribution in [0.4, 0.5) is 4.39 Å². The third-order valence-corrected chi connectivity index (χ3v) is 5.23. The average Bonchev–Trinajstić information content (AvgIpc) is 3.16. The third kappa shape index (κ3) is 4.20. The number of halogens is 1. The molecule has 2 N–H and O–H groups in total. The lowest BCUT2D eigenvalue weighted by atomic mass is 10.0. The van der Waals surface area contributed by atoms with Crippen molar-refractivity contribution in [2.45, 2.75) is 19.4 Å². The van der Waals surface area contributed by atoms with Crippen molar-refractivity contribution < 1.29 is 13.9 Å². The summed E-state index contributed by atoms with van der Waals surface area (Å²) in [4.78, 5) is 15.9. The van der Waals surface area contributed by atoms with Crippen LogP contribution in [-0.2, 0) is 17.8 Å². The van der Waals surface area contributed by atoms with Gasteiger partial charge >= 0.3 is 0 Å². The average molecular weight is 402 g/mol. The number of fused-ring (bicyclic) bond motifs is 1. The largest absolute Gasteiger partial charge is 0.497 e. The fourth-order valence-electron chi connectivity index (χ4n) is 3.63. The van der Waals surface area contributed by atoms with Crippen molar-refractivity contribution in [1.82, 2.24) is 10.3 Å². The van der Waals surface area contributed by atoms with E-state index in [4.69, 9.17) is 4.74 Å². The van der Waals surface area contributed by atoms with Crippen molar-refractivity contribution in [2.24, 2.45) is 0 Å². The van der Waals surface area contributed by atoms with Crippen LogP contribution in [0.2, 0.25) is 0 Å². The molecule has 0 bridgehead atoms. The molecule has 1 heterocycles. The Labute approximate surface area is 174 Å². The second-order valence-corrected chi connectivity index (χ2v) is 7.12. The highest BCUT2D eigenvalue weighted by atomic mass is 19.1. The molecule has 4 nitrogen and oxygen atoms in total. The lowest BCUT2D eigenvalue weighted by Crippen LogP contribution is -2.23. The molecule has 0 aliphatic heterocycles. The van der Waals surface area contributed by atoms with Crippen molar-refractivity contribution in [3.05, 3.63) is 89.7 Å². The number of H-pyrrole nitrogens is 1. The van der Waals surface area contributed by atoms with Gasteiger partial charge in [-0.2, -0.15) is 0 Å². The molecule has 0 radical (unpaired) electrons. The van der Waals surface area contributed by atoms with Crippen LogP contribution in [0.1, 0.15) is 17.5 Å². The molecule has 0 saturated carbocycles. The number of methoxy groups -OCH3 is 1. The quantitative estimate of drug-likeness (QED) is 0.445. The third-order valence-electron chi connectivity index (χ3n) is 5.23. The van der Waals surface area contributed by atoms with Crippen LogP contribution in [0, 0.1) is 5.82 Å². The van der Waals surface area contributed by atoms with Gasteiger partial charge in [0, 0.05) is 35.1 Å². The predicted molar refractivity (Wildman–Crippen MR) is 117 cm³/mol. The van der Waals surface area contributed by atoms with Crippen molar-refractivity contribution >= 4 is 16.8 Å². The van der Waals surface area contributed by atoms with Crippen LogP contribution in [-0.4, -0.2) is 18.0 Å². The van der Waals surface area contributed by atoms with E-state index in [9.17, 15) is 9.18 Å². The van der Waals surface area contributed by atoms with Crippen LogP contribution < -0.4 is 10.1 Å². The number of carbonyl (C=O) groups excluding carboxylic acids is 1. The van der Waals surface area contributed by atoms with E-state index in [-0.39, 0.29) is 18.3 Å². The number of aromatic amines is 1. The molecular weight excluding hydrogens is 379 g/mol. The minimum Gasteiger partial charge on any atom is -0.497 e. The number of benzene rings is 3. The number of aromatic nitrogens is 1. The van der Waals surface area contributed by atoms with Gasteiger partial charge in [-0.15, -0.1) is 0 Å². The zero-order valence-electron chi connectivity index (χ0n) is 16.7. The summed E-state index contributed by atoms with van der Waals surface area (Å²) < 4.78 is 19.0. The van der Waals surface area contributed by atoms with Crippen LogP contribution in [0.3, 0.4) is 0 Å². The molecule has 3 aromatic carbocycles. The van der Waals surface area contributed by atoms with Crippen LogP contribution in [0.25, 0.3) is 22.2 Å². The number of hydrogen-bond donors (Lipinski definition) is 2. The molecule has 1 aromatic heterocycles. The number of amides is 1. The Kier molecular flexibility index (Phi) is 5.80. The van der Waals surface area contributed by atoms with E-state index in [2.05, 4.69) is 16.4 Å². The highest BCUT2D eigenvalue weighted by molar-refractivity contribution is 5.91. The van der Waals surface area contributed by atoms with Gasteiger partial charge in [-0.3, -0.25) is 4.79 Å². The minimum atomic E-state index is -0.309. The van der Waals surface area contributed by atoms with Gasteiger partial charge < -0.3 is 15.0 Å². The van der Waals surface area contributed by atoms with E-state index in [1.807, 2.05) is 42.5 Å². The highest BCUT2D eigenvalue weighted by Crippen LogP contribution is 2.32. The Balaban J connectivity index is 1.52. The lowest BCUT2D eigenvalue weighted by molar-refractivity contribution is -0.121. The first kappa shape index (κ1) is 19.7. The summed E-state index contributed by atoms with van der Waals surface area (Å²) in [5.74, 6) is 0.379. The standard InChI is InChI=1S/C25H23FN2O2/c1-30-19-12-10-17(11-13-19)25-21(20-7-3-5-9-23(20)28-25)14-15-24(29)27-16-18-6-2-4-8-22(18)26/h2-13,28H,14-16H2,1H3,(H,27,29). The molecule has 0 saturated heterocycles. The summed E-state index contributed by atoms with van der Waals surface area (Å²) in [6.07, 6.45) is 0.897. The Morgan fingerprint density at radius 3 is 2.50 bits per heavy atom. The van der Waals surface area contributed by atoms with Gasteiger partial charge in [0.1, 0.15) is 11.6 Å². The Hall–Kier alpha value is -3.60. The molecule has 1 amide bonds. The van der Waals surface area contributed by atoms with E-state index in [1.54, 1.807) is 25.3 Å². The normalized spacial score (nSPS) is 10.9. The maximum Gasteiger partial charge on any atom is 0.220 e. The minimum absolute atomic E-state index is 0.107. The second kappa shape index (κ2) is 8.82. The van der Waals surface area contributed by atoms with Gasteiger partial charge in [0.2, 0.25) is 5.91 Å². The van der Waals surface area contributed by atoms with Crippen molar-refractivity contribution in [3.8, 4) is 17.0 Å². The van der Waals surface area contributed by atoms with Gasteiger partial charge in [-0.25, -0.2) is 4.39 Å². The van der Waals surface area contributed by atoms with E-state index < -0.39 is 0 Å². The van der Waals surface area contributed by atoms with Crippen molar-refractivity contribution in [1.29, 1.82) is 0 Å². The molecule has 5 heteroatoms. The molecular formula is C25H23FN2O2. The smallest absolute Gasteiger partial charge is 0.220 e. The molecule has 152 valence electrons. The zero-order chi connectivity index (χ0) is 20.9. The fourth-order valence-corrected chi connectivity index (χ4v) is 3.63. The Morgan fingerprint density at radius 2 is 1.73 bits per heavy atom. The molecule has 0 unspecified atom stereocenters. The molecule has 4 aromatic rings. The first-order valence-corrected chi connectivity index (χ1v) is 9.90. The molecule has 0 atom stereocenters. The summed E-state index contributed by atoms with van der Waals surface area (Å²) in [6.45, 7) is 0.185. The van der Waals surface area contributed by atoms with E-state index in [0.717, 1.165) is 33.5 Å². The number of para-hydroxylation sites is 1. The number of nitrogens with one attached hydrogen (secondary N) is 2. The number of hydrogen-bond acceptors (Lipinski definition) is 2. The van der Waals surface area contributed by atoms with E-state index >= 15 is 0 Å². The highest BCUT2D eigenvalue weighted by Gasteiger charge is 2.15. The zero-order valence-corrected chi connectivity index (χ0v) is 16.7. The summed E-state index contributed by atoms with van der Waals surface area (Å²) in [5, 5.41) is 3.92. The van der Waals surface area contributed by atoms with Crippen molar-refractivity contribution in [2.75, 3.05) is 7.11 Å². The maximum absolute atomic E-state index is 13.8. The van der Waals surface area contributed by atoms with Gasteiger partial charge in [-0.05, 0) is 53.9 Å². The molecule has 0 aliphatic rings. The lowest BCUT2D eigenvalue weighted by Gasteiger charge is -2.08. The summed E-state index contributed by atoms with van der Waals surface area (Å²) in [6, 6.07) is 22.4. The summed E-state index contributed by atoms with van der Waals surface area (Å²) >= 11 is 0. The molecule has 0 aliphatic carbocycles. The van der Waals surface area contributed by atoms with Gasteiger partial charge in [0.05, 0.1) is 7.11 Å². The molecule has 0 fully saturated rings. The van der Waals surface area contributed by atoms with Gasteiger partial charge in [0.25, 0.3) is 0 Å². The fraction of sp³-hybridized carbons (Fsp3) is 0.160. The SMILES string of the molecule is COc1ccc(-c2[nH]c3ccccc3c2CCC(=O)NCc2ccccc2F)cc1. The van der Waals surface area contributed by atoms with Crippen LogP contribution >= 0.6 is 0 Å². The van der Waals surface area contributed by atoms with Crippen LogP contribution in [0.15, 0.2) is 72.8 Å². The van der Waals surface area contributed by atoms with E-state index in [1.165, 1.54) is 6.07 Å². The predicted octanol–water partition coefficient (Wildman–Crippen LogP) is 5.23. The summed E-state index contributed by atoms with van der Waals surface area (Å²) in [5.41, 5.74) is 4.65. The Morgan fingerprint density at radius 1 is 1.00 bits per heavy atom. The Bertz CT molecular complexity index is 1170.